The molecule has 0 atom stereocenters. The molecular formula is C15H18O2. The second kappa shape index (κ2) is 7.23. The number of hydrogen-bond donors (Lipinski definition) is 0. The van der Waals surface area contributed by atoms with Gasteiger partial charge in [0, 0.05) is 11.1 Å². The normalized spacial score (nSPS) is 10.5. The lowest BCUT2D eigenvalue weighted by Gasteiger charge is -2.00. The van der Waals surface area contributed by atoms with Crippen LogP contribution in [0.15, 0.2) is 73.1 Å². The van der Waals surface area contributed by atoms with Crippen LogP contribution in [-0.4, -0.2) is 12.9 Å². The first-order chi connectivity index (χ1) is 7.88. The minimum atomic E-state index is -0.220. The van der Waals surface area contributed by atoms with Gasteiger partial charge < -0.3 is 4.74 Å². The molecule has 17 heavy (non-hydrogen) atoms. The summed E-state index contributed by atoms with van der Waals surface area (Å²) in [6, 6.07) is 0. The topological polar surface area (TPSA) is 26.3 Å². The molecule has 0 saturated heterocycles. The van der Waals surface area contributed by atoms with Crippen molar-refractivity contribution in [2.24, 2.45) is 0 Å². The number of ketones is 1. The fourth-order valence-electron chi connectivity index (χ4n) is 0.862. The number of methoxy groups -OCH3 is 1. The van der Waals surface area contributed by atoms with E-state index >= 15 is 0 Å². The first-order valence-corrected chi connectivity index (χ1v) is 5.05. The summed E-state index contributed by atoms with van der Waals surface area (Å²) >= 11 is 0. The van der Waals surface area contributed by atoms with E-state index in [0.717, 1.165) is 5.57 Å². The predicted molar refractivity (Wildman–Crippen MR) is 72.5 cm³/mol. The fourth-order valence-corrected chi connectivity index (χ4v) is 0.862. The van der Waals surface area contributed by atoms with Crippen molar-refractivity contribution in [2.45, 2.75) is 6.92 Å². The Morgan fingerprint density at radius 2 is 1.41 bits per heavy atom. The van der Waals surface area contributed by atoms with Crippen LogP contribution < -0.4 is 0 Å². The van der Waals surface area contributed by atoms with Crippen molar-refractivity contribution in [1.82, 2.24) is 0 Å². The van der Waals surface area contributed by atoms with Crippen molar-refractivity contribution >= 4 is 5.78 Å². The van der Waals surface area contributed by atoms with E-state index < -0.39 is 0 Å². The standard InChI is InChI=1S/C15H18O2/c1-11(2)7-8-12(3)15(16)13(4)9-10-14(5)17-6/h7-10H,1,3-5H2,2,6H3/b8-7-,10-9-. The molecule has 0 bridgehead atoms. The predicted octanol–water partition coefficient (Wildman–Crippen LogP) is 3.52. The Bertz CT molecular complexity index is 420. The molecule has 2 heteroatoms. The van der Waals surface area contributed by atoms with Gasteiger partial charge in [0.25, 0.3) is 0 Å². The van der Waals surface area contributed by atoms with Gasteiger partial charge in [-0.2, -0.15) is 0 Å². The van der Waals surface area contributed by atoms with Crippen molar-refractivity contribution in [2.75, 3.05) is 7.11 Å². The zero-order valence-corrected chi connectivity index (χ0v) is 10.5. The molecule has 0 aromatic rings. The van der Waals surface area contributed by atoms with Crippen LogP contribution in [-0.2, 0) is 9.53 Å². The molecule has 0 heterocycles. The molecule has 0 unspecified atom stereocenters. The molecule has 0 N–H and O–H groups in total. The summed E-state index contributed by atoms with van der Waals surface area (Å²) < 4.78 is 4.84. The van der Waals surface area contributed by atoms with E-state index in [4.69, 9.17) is 4.74 Å². The second-order valence-electron chi connectivity index (χ2n) is 3.56. The lowest BCUT2D eigenvalue weighted by Crippen LogP contribution is -2.00. The number of ether oxygens (including phenoxy) is 1. The number of allylic oxidation sites excluding steroid dienone is 7. The van der Waals surface area contributed by atoms with E-state index in [0.29, 0.717) is 16.9 Å². The molecule has 0 aliphatic carbocycles. The molecule has 0 rings (SSSR count). The Hall–Kier alpha value is -2.09. The van der Waals surface area contributed by atoms with Gasteiger partial charge in [-0.25, -0.2) is 0 Å². The van der Waals surface area contributed by atoms with Crippen molar-refractivity contribution in [3.8, 4) is 0 Å². The smallest absolute Gasteiger partial charge is 0.191 e. The molecule has 0 amide bonds. The Balaban J connectivity index is 4.57. The average Bonchev–Trinajstić information content (AvgIpc) is 2.31. The summed E-state index contributed by atoms with van der Waals surface area (Å²) in [5, 5.41) is 0. The minimum Gasteiger partial charge on any atom is -0.497 e. The Morgan fingerprint density at radius 1 is 0.941 bits per heavy atom. The molecule has 0 radical (unpaired) electrons. The Kier molecular flexibility index (Phi) is 6.34. The molecule has 2 nitrogen and oxygen atoms in total. The largest absolute Gasteiger partial charge is 0.497 e. The van der Waals surface area contributed by atoms with Crippen LogP contribution in [0.25, 0.3) is 0 Å². The van der Waals surface area contributed by atoms with Crippen LogP contribution in [0.1, 0.15) is 6.92 Å². The number of rotatable bonds is 7. The highest BCUT2D eigenvalue weighted by atomic mass is 16.5. The van der Waals surface area contributed by atoms with E-state index in [1.165, 1.54) is 7.11 Å². The molecule has 0 aliphatic rings. The molecule has 0 aromatic heterocycles. The maximum Gasteiger partial charge on any atom is 0.191 e. The lowest BCUT2D eigenvalue weighted by atomic mass is 10.0. The highest BCUT2D eigenvalue weighted by Gasteiger charge is 2.06. The molecule has 0 fully saturated rings. The minimum absolute atomic E-state index is 0.220. The maximum absolute atomic E-state index is 11.8. The third-order valence-corrected chi connectivity index (χ3v) is 1.88. The van der Waals surface area contributed by atoms with Gasteiger partial charge in [-0.15, -0.1) is 0 Å². The molecular weight excluding hydrogens is 212 g/mol. The lowest BCUT2D eigenvalue weighted by molar-refractivity contribution is -0.111. The first kappa shape index (κ1) is 14.9. The van der Waals surface area contributed by atoms with Crippen LogP contribution in [0, 0.1) is 0 Å². The average molecular weight is 230 g/mol. The van der Waals surface area contributed by atoms with Gasteiger partial charge in [-0.1, -0.05) is 44.0 Å². The van der Waals surface area contributed by atoms with E-state index in [1.807, 2.05) is 6.92 Å². The monoisotopic (exact) mass is 230 g/mol. The fraction of sp³-hybridized carbons (Fsp3) is 0.133. The molecule has 0 saturated carbocycles. The highest BCUT2D eigenvalue weighted by Crippen LogP contribution is 2.08. The summed E-state index contributed by atoms with van der Waals surface area (Å²) in [5.41, 5.74) is 1.55. The molecule has 90 valence electrons. The van der Waals surface area contributed by atoms with Gasteiger partial charge in [0.05, 0.1) is 7.11 Å². The number of carbonyl (C=O) groups excluding carboxylic acids is 1. The molecule has 0 aliphatic heterocycles. The van der Waals surface area contributed by atoms with Crippen molar-refractivity contribution in [1.29, 1.82) is 0 Å². The van der Waals surface area contributed by atoms with Gasteiger partial charge in [0.1, 0.15) is 5.76 Å². The zero-order chi connectivity index (χ0) is 13.4. The second-order valence-corrected chi connectivity index (χ2v) is 3.56. The van der Waals surface area contributed by atoms with Gasteiger partial charge in [0.2, 0.25) is 0 Å². The van der Waals surface area contributed by atoms with Gasteiger partial charge in [0.15, 0.2) is 5.78 Å². The number of hydrogen-bond acceptors (Lipinski definition) is 2. The number of Topliss-reactive ketones (excluding diaryl/α,β-unsaturated/α-hetero) is 1. The van der Waals surface area contributed by atoms with Gasteiger partial charge in [-0.3, -0.25) is 4.79 Å². The quantitative estimate of drug-likeness (QED) is 0.380. The van der Waals surface area contributed by atoms with Crippen molar-refractivity contribution in [3.05, 3.63) is 73.1 Å². The van der Waals surface area contributed by atoms with E-state index in [1.54, 1.807) is 24.3 Å². The summed E-state index contributed by atoms with van der Waals surface area (Å²) in [6.45, 7) is 16.5. The summed E-state index contributed by atoms with van der Waals surface area (Å²) in [6.07, 6.45) is 6.48. The van der Waals surface area contributed by atoms with Gasteiger partial charge in [-0.05, 0) is 19.1 Å². The summed E-state index contributed by atoms with van der Waals surface area (Å²) in [7, 11) is 1.51. The zero-order valence-electron chi connectivity index (χ0n) is 10.5. The van der Waals surface area contributed by atoms with Crippen LogP contribution >= 0.6 is 0 Å². The van der Waals surface area contributed by atoms with E-state index in [-0.39, 0.29) is 5.78 Å². The Morgan fingerprint density at radius 3 is 1.82 bits per heavy atom. The number of carbonyl (C=O) groups is 1. The third kappa shape index (κ3) is 6.15. The van der Waals surface area contributed by atoms with Crippen LogP contribution in [0.4, 0.5) is 0 Å². The van der Waals surface area contributed by atoms with Crippen LogP contribution in [0.3, 0.4) is 0 Å². The first-order valence-electron chi connectivity index (χ1n) is 5.05. The SMILES string of the molecule is C=C(C)/C=C\C(=C)C(=O)C(=C)/C=C\C(=C)OC. The molecule has 0 spiro atoms. The molecule has 0 aromatic carbocycles. The van der Waals surface area contributed by atoms with E-state index in [9.17, 15) is 4.79 Å². The van der Waals surface area contributed by atoms with Crippen molar-refractivity contribution < 1.29 is 9.53 Å². The van der Waals surface area contributed by atoms with Crippen LogP contribution in [0.5, 0.6) is 0 Å². The van der Waals surface area contributed by atoms with E-state index in [2.05, 4.69) is 26.3 Å². The van der Waals surface area contributed by atoms with Crippen molar-refractivity contribution in [3.63, 3.8) is 0 Å². The third-order valence-electron chi connectivity index (χ3n) is 1.88. The highest BCUT2D eigenvalue weighted by molar-refractivity contribution is 6.11. The summed E-state index contributed by atoms with van der Waals surface area (Å²) in [5.74, 6) is 0.240. The maximum atomic E-state index is 11.8. The summed E-state index contributed by atoms with van der Waals surface area (Å²) in [4.78, 5) is 11.8. The van der Waals surface area contributed by atoms with Gasteiger partial charge >= 0.3 is 0 Å². The van der Waals surface area contributed by atoms with Crippen LogP contribution in [0.2, 0.25) is 0 Å². The Labute approximate surface area is 103 Å².